The number of carbonyl (C=O) groups is 2. The van der Waals surface area contributed by atoms with Crippen LogP contribution in [0.2, 0.25) is 0 Å². The molecule has 0 aromatic heterocycles. The molecule has 1 aromatic rings. The monoisotopic (exact) mass is 491 g/mol. The zero-order chi connectivity index (χ0) is 25.4. The van der Waals surface area contributed by atoms with Gasteiger partial charge in [0.25, 0.3) is 5.91 Å². The maximum atomic E-state index is 13.2. The fraction of sp³-hybridized carbons (Fsp3) is 0.519. The van der Waals surface area contributed by atoms with Crippen LogP contribution in [0.4, 0.5) is 0 Å². The van der Waals surface area contributed by atoms with Crippen molar-refractivity contribution < 1.29 is 9.59 Å². The molecule has 2 unspecified atom stereocenters. The van der Waals surface area contributed by atoms with Gasteiger partial charge in [-0.1, -0.05) is 24.3 Å². The Hall–Kier alpha value is -3.17. The lowest BCUT2D eigenvalue weighted by Gasteiger charge is -2.37. The number of allylic oxidation sites excluding steroid dienone is 1. The number of fused-ring (bicyclic) bond motifs is 1. The average Bonchev–Trinajstić information content (AvgIpc) is 3.36. The summed E-state index contributed by atoms with van der Waals surface area (Å²) in [6, 6.07) is 8.07. The molecule has 2 fully saturated rings. The van der Waals surface area contributed by atoms with E-state index in [-0.39, 0.29) is 36.1 Å². The quantitative estimate of drug-likeness (QED) is 0.468. The van der Waals surface area contributed by atoms with Gasteiger partial charge in [0.2, 0.25) is 5.91 Å². The number of nitrogens with zero attached hydrogens (tertiary/aromatic N) is 3. The minimum Gasteiger partial charge on any atom is -0.350 e. The second-order valence-electron chi connectivity index (χ2n) is 10.9. The van der Waals surface area contributed by atoms with E-state index in [1.807, 2.05) is 51.4 Å². The highest BCUT2D eigenvalue weighted by molar-refractivity contribution is 5.94. The number of hydrogen-bond acceptors (Lipinski definition) is 7. The summed E-state index contributed by atoms with van der Waals surface area (Å²) in [6.45, 7) is 8.35. The van der Waals surface area contributed by atoms with Gasteiger partial charge < -0.3 is 26.2 Å². The van der Waals surface area contributed by atoms with E-state index >= 15 is 0 Å². The Bertz CT molecular complexity index is 1120. The number of likely N-dealkylation sites (N-methyl/N-ethyl adjacent to an activating group) is 1. The molecule has 3 atom stereocenters. The van der Waals surface area contributed by atoms with E-state index in [4.69, 9.17) is 4.99 Å². The predicted octanol–water partition coefficient (Wildman–Crippen LogP) is 1.68. The van der Waals surface area contributed by atoms with Crippen molar-refractivity contribution in [1.82, 2.24) is 31.1 Å². The zero-order valence-electron chi connectivity index (χ0n) is 21.5. The summed E-state index contributed by atoms with van der Waals surface area (Å²) < 4.78 is 0. The average molecular weight is 492 g/mol. The maximum Gasteiger partial charge on any atom is 0.251 e. The number of rotatable bonds is 5. The predicted molar refractivity (Wildman–Crippen MR) is 140 cm³/mol. The highest BCUT2D eigenvalue weighted by Gasteiger charge is 2.45. The molecule has 4 N–H and O–H groups in total. The Morgan fingerprint density at radius 1 is 1.28 bits per heavy atom. The number of amides is 2. The van der Waals surface area contributed by atoms with Gasteiger partial charge in [0.05, 0.1) is 23.2 Å². The molecule has 0 bridgehead atoms. The largest absolute Gasteiger partial charge is 0.350 e. The molecule has 192 valence electrons. The van der Waals surface area contributed by atoms with Crippen LogP contribution >= 0.6 is 0 Å². The van der Waals surface area contributed by atoms with Gasteiger partial charge in [-0.3, -0.25) is 14.5 Å². The summed E-state index contributed by atoms with van der Waals surface area (Å²) in [6.07, 6.45) is 8.17. The number of carbonyl (C=O) groups excluding carboxylic acids is 2. The first-order valence-electron chi connectivity index (χ1n) is 12.9. The van der Waals surface area contributed by atoms with Crippen LogP contribution in [0.5, 0.6) is 0 Å². The van der Waals surface area contributed by atoms with E-state index in [0.717, 1.165) is 37.2 Å². The topological polar surface area (TPSA) is 101 Å². The Morgan fingerprint density at radius 2 is 2.08 bits per heavy atom. The SMILES string of the molecule is C[C@H](NC1=NC2C(=CN1)N(C)C(=O)C(C)(C)CN2C1C=CCC1)c1cccc(C(=O)NC2CNC2)c1. The summed E-state index contributed by atoms with van der Waals surface area (Å²) in [4.78, 5) is 35.0. The van der Waals surface area contributed by atoms with Crippen LogP contribution in [-0.4, -0.2) is 72.5 Å². The van der Waals surface area contributed by atoms with Crippen LogP contribution in [0.15, 0.2) is 53.3 Å². The first-order valence-corrected chi connectivity index (χ1v) is 12.9. The Labute approximate surface area is 213 Å². The first kappa shape index (κ1) is 24.5. The van der Waals surface area contributed by atoms with Crippen molar-refractivity contribution in [1.29, 1.82) is 0 Å². The molecular formula is C27H37N7O2. The van der Waals surface area contributed by atoms with Crippen molar-refractivity contribution >= 4 is 17.8 Å². The van der Waals surface area contributed by atoms with Gasteiger partial charge >= 0.3 is 0 Å². The van der Waals surface area contributed by atoms with Crippen LogP contribution in [0, 0.1) is 5.41 Å². The summed E-state index contributed by atoms with van der Waals surface area (Å²) in [5.74, 6) is 0.697. The van der Waals surface area contributed by atoms with Crippen molar-refractivity contribution in [3.63, 3.8) is 0 Å². The molecule has 3 aliphatic heterocycles. The standard InChI is InChI=1S/C27H37N7O2/c1-17(18-8-7-9-19(12-18)24(35)31-20-13-28-14-20)30-26-29-15-22-23(32-26)34(21-10-5-6-11-21)16-27(2,3)25(36)33(22)4/h5,7-10,12,15,17,20-21,23,28H,6,11,13-14,16H2,1-4H3,(H,31,35)(H2,29,30,32)/t17-,21?,23?/m0/s1. The summed E-state index contributed by atoms with van der Waals surface area (Å²) in [5.41, 5.74) is 1.99. The smallest absolute Gasteiger partial charge is 0.251 e. The first-order chi connectivity index (χ1) is 17.2. The van der Waals surface area contributed by atoms with E-state index in [0.29, 0.717) is 18.1 Å². The van der Waals surface area contributed by atoms with Crippen LogP contribution in [0.1, 0.15) is 55.6 Å². The Balaban J connectivity index is 1.35. The number of nitrogens with one attached hydrogen (secondary N) is 4. The molecule has 9 nitrogen and oxygen atoms in total. The second-order valence-corrected chi connectivity index (χ2v) is 10.9. The fourth-order valence-electron chi connectivity index (χ4n) is 5.31. The summed E-state index contributed by atoms with van der Waals surface area (Å²) >= 11 is 0. The molecule has 4 aliphatic rings. The minimum atomic E-state index is -0.518. The van der Waals surface area contributed by atoms with E-state index in [9.17, 15) is 9.59 Å². The molecule has 1 aliphatic carbocycles. The van der Waals surface area contributed by atoms with Gasteiger partial charge in [-0.2, -0.15) is 0 Å². The van der Waals surface area contributed by atoms with E-state index in [1.54, 1.807) is 4.90 Å². The summed E-state index contributed by atoms with van der Waals surface area (Å²) in [5, 5.41) is 13.0. The van der Waals surface area contributed by atoms with Gasteiger partial charge in [-0.05, 0) is 51.3 Å². The number of guanidine groups is 1. The fourth-order valence-corrected chi connectivity index (χ4v) is 5.31. The molecule has 36 heavy (non-hydrogen) atoms. The van der Waals surface area contributed by atoms with E-state index in [1.165, 1.54) is 0 Å². The lowest BCUT2D eigenvalue weighted by atomic mass is 9.91. The highest BCUT2D eigenvalue weighted by Crippen LogP contribution is 2.35. The van der Waals surface area contributed by atoms with Gasteiger partial charge in [0, 0.05) is 44.5 Å². The van der Waals surface area contributed by atoms with Crippen LogP contribution in [-0.2, 0) is 4.79 Å². The zero-order valence-corrected chi connectivity index (χ0v) is 21.5. The molecule has 9 heteroatoms. The van der Waals surface area contributed by atoms with Crippen molar-refractivity contribution in [3.05, 3.63) is 59.4 Å². The van der Waals surface area contributed by atoms with Gasteiger partial charge in [0.1, 0.15) is 6.17 Å². The molecule has 5 rings (SSSR count). The molecule has 1 aromatic carbocycles. The minimum absolute atomic E-state index is 0.0507. The molecule has 0 spiro atoms. The van der Waals surface area contributed by atoms with E-state index in [2.05, 4.69) is 45.2 Å². The van der Waals surface area contributed by atoms with Gasteiger partial charge in [-0.15, -0.1) is 0 Å². The summed E-state index contributed by atoms with van der Waals surface area (Å²) in [7, 11) is 1.84. The Kier molecular flexibility index (Phi) is 6.61. The third-order valence-corrected chi connectivity index (χ3v) is 7.57. The molecule has 2 amide bonds. The van der Waals surface area contributed by atoms with Crippen molar-refractivity contribution in [2.75, 3.05) is 26.7 Å². The van der Waals surface area contributed by atoms with Crippen molar-refractivity contribution in [3.8, 4) is 0 Å². The van der Waals surface area contributed by atoms with Gasteiger partial charge in [-0.25, -0.2) is 4.99 Å². The van der Waals surface area contributed by atoms with Crippen LogP contribution in [0.3, 0.4) is 0 Å². The van der Waals surface area contributed by atoms with Crippen LogP contribution in [0.25, 0.3) is 0 Å². The molecule has 2 saturated heterocycles. The normalized spacial score (nSPS) is 26.7. The molecule has 3 heterocycles. The second kappa shape index (κ2) is 9.71. The lowest BCUT2D eigenvalue weighted by molar-refractivity contribution is -0.136. The van der Waals surface area contributed by atoms with E-state index < -0.39 is 5.41 Å². The highest BCUT2D eigenvalue weighted by atomic mass is 16.2. The molecule has 0 saturated carbocycles. The number of aliphatic imine (C=N–C) groups is 1. The third kappa shape index (κ3) is 4.77. The lowest BCUT2D eigenvalue weighted by Crippen LogP contribution is -2.56. The third-order valence-electron chi connectivity index (χ3n) is 7.57. The van der Waals surface area contributed by atoms with Gasteiger partial charge in [0.15, 0.2) is 5.96 Å². The van der Waals surface area contributed by atoms with Crippen LogP contribution < -0.4 is 21.3 Å². The maximum absolute atomic E-state index is 13.2. The Morgan fingerprint density at radius 3 is 2.78 bits per heavy atom. The molecular weight excluding hydrogens is 454 g/mol. The number of hydrogen-bond donors (Lipinski definition) is 4. The number of benzene rings is 1. The molecule has 0 radical (unpaired) electrons. The van der Waals surface area contributed by atoms with Crippen molar-refractivity contribution in [2.45, 2.75) is 57.9 Å². The van der Waals surface area contributed by atoms with Crippen molar-refractivity contribution in [2.24, 2.45) is 10.4 Å².